The summed E-state index contributed by atoms with van der Waals surface area (Å²) in [6.45, 7) is 11.7. The Kier molecular flexibility index (Phi) is 6.49. The Morgan fingerprint density at radius 2 is 1.92 bits per heavy atom. The molecule has 3 aliphatic carbocycles. The molecule has 9 atom stereocenters. The summed E-state index contributed by atoms with van der Waals surface area (Å²) in [7, 11) is 0. The Balaban J connectivity index is 1.73. The number of rotatable bonds is 3. The molecule has 10 nitrogen and oxygen atoms in total. The summed E-state index contributed by atoms with van der Waals surface area (Å²) in [5, 5.41) is 31.8. The molecule has 4 rings (SSSR count). The van der Waals surface area contributed by atoms with Gasteiger partial charge in [0, 0.05) is 16.7 Å². The first-order chi connectivity index (χ1) is 16.8. The van der Waals surface area contributed by atoms with Crippen LogP contribution in [0.2, 0.25) is 0 Å². The van der Waals surface area contributed by atoms with Crippen molar-refractivity contribution in [2.75, 3.05) is 5.73 Å². The number of aromatic nitrogens is 2. The fraction of sp³-hybridized carbons (Fsp3) is 0.654. The lowest BCUT2D eigenvalue weighted by Crippen LogP contribution is -2.63. The lowest BCUT2D eigenvalue weighted by atomic mass is 9.44. The summed E-state index contributed by atoms with van der Waals surface area (Å²) >= 11 is 0. The van der Waals surface area contributed by atoms with E-state index in [1.807, 2.05) is 27.7 Å². The number of alkyl carbamates (subject to hydrolysis) is 1. The molecule has 196 valence electrons. The molecule has 0 aliphatic heterocycles. The van der Waals surface area contributed by atoms with Crippen molar-refractivity contribution in [3.05, 3.63) is 30.5 Å². The Morgan fingerprint density at radius 1 is 1.22 bits per heavy atom. The average molecular weight is 501 g/mol. The van der Waals surface area contributed by atoms with Crippen molar-refractivity contribution in [1.82, 2.24) is 15.5 Å². The number of ketones is 1. The maximum Gasteiger partial charge on any atom is 0.414 e. The second kappa shape index (κ2) is 8.92. The molecule has 1 aromatic rings. The number of aliphatic hydroxyl groups is 2. The number of aliphatic hydroxyl groups excluding tert-OH is 2. The summed E-state index contributed by atoms with van der Waals surface area (Å²) in [5.74, 6) is -1.88. The number of carbonyl (C=O) groups excluding carboxylic acids is 3. The number of carbonyl (C=O) groups is 3. The van der Waals surface area contributed by atoms with Crippen molar-refractivity contribution in [2.45, 2.75) is 71.7 Å². The summed E-state index contributed by atoms with van der Waals surface area (Å²) in [6.07, 6.45) is -0.301. The number of imide groups is 1. The predicted molar refractivity (Wildman–Crippen MR) is 130 cm³/mol. The van der Waals surface area contributed by atoms with E-state index in [-0.39, 0.29) is 42.0 Å². The molecular weight excluding hydrogens is 464 g/mol. The molecule has 5 N–H and O–H groups in total. The Labute approximate surface area is 210 Å². The van der Waals surface area contributed by atoms with Gasteiger partial charge >= 0.3 is 6.09 Å². The zero-order valence-electron chi connectivity index (χ0n) is 21.2. The van der Waals surface area contributed by atoms with Crippen LogP contribution in [-0.2, 0) is 9.53 Å². The van der Waals surface area contributed by atoms with Gasteiger partial charge in [-0.05, 0) is 55.1 Å². The smallest absolute Gasteiger partial charge is 0.414 e. The maximum atomic E-state index is 13.5. The fourth-order valence-electron chi connectivity index (χ4n) is 7.26. The minimum Gasteiger partial charge on any atom is -0.445 e. The van der Waals surface area contributed by atoms with E-state index in [1.54, 1.807) is 6.08 Å². The SMILES string of the molecule is C=C[C@]1(C)C[C@@H](OC(=O)NC(=O)c2ccc(N)nn2)[C@]2(C)[C@H](C)CC[C@]3(C[C@H](O)C(=O)[C@H]32)[C@@H](C)[C@@H]1O. The van der Waals surface area contributed by atoms with Gasteiger partial charge in [0.1, 0.15) is 18.0 Å². The van der Waals surface area contributed by atoms with Gasteiger partial charge in [0.25, 0.3) is 5.91 Å². The molecule has 1 heterocycles. The number of amides is 2. The van der Waals surface area contributed by atoms with Crippen molar-refractivity contribution in [3.63, 3.8) is 0 Å². The van der Waals surface area contributed by atoms with E-state index in [9.17, 15) is 24.6 Å². The van der Waals surface area contributed by atoms with E-state index < -0.39 is 52.5 Å². The number of nitrogens with two attached hydrogens (primary N) is 1. The number of anilines is 1. The Morgan fingerprint density at radius 3 is 2.53 bits per heavy atom. The molecule has 10 heteroatoms. The van der Waals surface area contributed by atoms with Gasteiger partial charge in [0.05, 0.1) is 6.10 Å². The van der Waals surface area contributed by atoms with Gasteiger partial charge in [0.2, 0.25) is 0 Å². The molecule has 2 amide bonds. The summed E-state index contributed by atoms with van der Waals surface area (Å²) in [4.78, 5) is 39.0. The van der Waals surface area contributed by atoms with E-state index in [0.717, 1.165) is 6.42 Å². The van der Waals surface area contributed by atoms with Crippen LogP contribution in [0.5, 0.6) is 0 Å². The Hall–Kier alpha value is -2.85. The normalized spacial score (nSPS) is 42.0. The molecule has 0 aromatic carbocycles. The van der Waals surface area contributed by atoms with Crippen LogP contribution in [-0.4, -0.2) is 56.5 Å². The van der Waals surface area contributed by atoms with Crippen LogP contribution in [0.1, 0.15) is 63.9 Å². The van der Waals surface area contributed by atoms with Crippen LogP contribution in [0.4, 0.5) is 10.6 Å². The third-order valence-corrected chi connectivity index (χ3v) is 9.71. The molecule has 36 heavy (non-hydrogen) atoms. The van der Waals surface area contributed by atoms with E-state index in [4.69, 9.17) is 10.5 Å². The van der Waals surface area contributed by atoms with Crippen LogP contribution in [0.25, 0.3) is 0 Å². The zero-order valence-corrected chi connectivity index (χ0v) is 21.2. The van der Waals surface area contributed by atoms with E-state index >= 15 is 0 Å². The minimum atomic E-state index is -1.14. The summed E-state index contributed by atoms with van der Waals surface area (Å²) in [5.41, 5.74) is 3.07. The van der Waals surface area contributed by atoms with E-state index in [1.165, 1.54) is 12.1 Å². The first-order valence-electron chi connectivity index (χ1n) is 12.4. The quantitative estimate of drug-likeness (QED) is 0.456. The van der Waals surface area contributed by atoms with Crippen molar-refractivity contribution >= 4 is 23.6 Å². The average Bonchev–Trinajstić information content (AvgIpc) is 3.11. The molecule has 0 unspecified atom stereocenters. The third-order valence-electron chi connectivity index (χ3n) is 9.71. The van der Waals surface area contributed by atoms with Crippen LogP contribution in [0.15, 0.2) is 24.8 Å². The third kappa shape index (κ3) is 3.82. The van der Waals surface area contributed by atoms with E-state index in [0.29, 0.717) is 6.42 Å². The lowest BCUT2D eigenvalue weighted by Gasteiger charge is -2.61. The summed E-state index contributed by atoms with van der Waals surface area (Å²) < 4.78 is 5.93. The zero-order chi connectivity index (χ0) is 26.6. The van der Waals surface area contributed by atoms with Crippen LogP contribution < -0.4 is 11.1 Å². The fourth-order valence-corrected chi connectivity index (χ4v) is 7.26. The number of hydrogen-bond donors (Lipinski definition) is 4. The lowest BCUT2D eigenvalue weighted by molar-refractivity contribution is -0.191. The number of nitrogens with one attached hydrogen (secondary N) is 1. The highest BCUT2D eigenvalue weighted by Crippen LogP contribution is 2.67. The minimum absolute atomic E-state index is 0.0298. The molecule has 0 radical (unpaired) electrons. The van der Waals surface area contributed by atoms with E-state index in [2.05, 4.69) is 22.1 Å². The number of Topliss-reactive ketones (excluding diaryl/α,β-unsaturated/α-hetero) is 1. The molecule has 0 saturated heterocycles. The number of nitrogens with zero attached hydrogens (tertiary/aromatic N) is 2. The first-order valence-corrected chi connectivity index (χ1v) is 12.4. The second-order valence-electron chi connectivity index (χ2n) is 11.4. The topological polar surface area (TPSA) is 165 Å². The highest BCUT2D eigenvalue weighted by atomic mass is 16.6. The van der Waals surface area contributed by atoms with Gasteiger partial charge in [0.15, 0.2) is 11.5 Å². The number of ether oxygens (including phenoxy) is 1. The number of hydrogen-bond acceptors (Lipinski definition) is 9. The molecule has 2 bridgehead atoms. The molecule has 3 fully saturated rings. The monoisotopic (exact) mass is 500 g/mol. The van der Waals surface area contributed by atoms with Crippen LogP contribution >= 0.6 is 0 Å². The maximum absolute atomic E-state index is 13.5. The first kappa shape index (κ1) is 26.2. The molecule has 3 aliphatic rings. The molecule has 0 spiro atoms. The Bertz CT molecular complexity index is 1080. The van der Waals surface area contributed by atoms with Crippen molar-refractivity contribution in [1.29, 1.82) is 0 Å². The highest BCUT2D eigenvalue weighted by Gasteiger charge is 2.70. The van der Waals surface area contributed by atoms with Crippen molar-refractivity contribution < 1.29 is 29.3 Å². The highest BCUT2D eigenvalue weighted by molar-refractivity contribution is 6.01. The van der Waals surface area contributed by atoms with Gasteiger partial charge in [-0.25, -0.2) is 4.79 Å². The van der Waals surface area contributed by atoms with Gasteiger partial charge < -0.3 is 20.7 Å². The molecular formula is C26H36N4O6. The largest absolute Gasteiger partial charge is 0.445 e. The number of nitrogen functional groups attached to an aromatic ring is 1. The molecule has 1 aromatic heterocycles. The predicted octanol–water partition coefficient (Wildman–Crippen LogP) is 2.26. The van der Waals surface area contributed by atoms with Crippen LogP contribution in [0.3, 0.4) is 0 Å². The summed E-state index contributed by atoms with van der Waals surface area (Å²) in [6, 6.07) is 2.73. The van der Waals surface area contributed by atoms with Gasteiger partial charge in [-0.1, -0.05) is 33.8 Å². The van der Waals surface area contributed by atoms with Crippen LogP contribution in [0, 0.1) is 34.0 Å². The van der Waals surface area contributed by atoms with Gasteiger partial charge in [-0.3, -0.25) is 14.9 Å². The molecule has 3 saturated carbocycles. The van der Waals surface area contributed by atoms with Gasteiger partial charge in [-0.15, -0.1) is 16.8 Å². The van der Waals surface area contributed by atoms with Crippen molar-refractivity contribution in [3.8, 4) is 0 Å². The van der Waals surface area contributed by atoms with Crippen molar-refractivity contribution in [2.24, 2.45) is 34.0 Å². The second-order valence-corrected chi connectivity index (χ2v) is 11.4. The van der Waals surface area contributed by atoms with Gasteiger partial charge in [-0.2, -0.15) is 0 Å². The standard InChI is InChI=1S/C26H36N4O6/c1-6-24(4)12-17(36-23(35)28-22(34)15-7-8-18(27)30-29-15)25(5)13(2)9-10-26(14(3)21(24)33)11-16(31)19(32)20(25)26/h6-8,13-14,16-17,20-21,31,33H,1,9-12H2,2-5H3,(H2,27,30)(H,28,34,35)/t13-,14+,16+,17-,20+,21+,24-,25+,26+/m1/s1.